The molecule has 0 saturated heterocycles. The summed E-state index contributed by atoms with van der Waals surface area (Å²) in [4.78, 5) is 17.7. The number of sulfone groups is 1. The molecule has 1 aromatic carbocycles. The van der Waals surface area contributed by atoms with Crippen LogP contribution in [0.25, 0.3) is 16.7 Å². The van der Waals surface area contributed by atoms with E-state index in [0.717, 1.165) is 11.1 Å². The van der Waals surface area contributed by atoms with Gasteiger partial charge >= 0.3 is 0 Å². The van der Waals surface area contributed by atoms with E-state index >= 15 is 0 Å². The van der Waals surface area contributed by atoms with Gasteiger partial charge in [0.05, 0.1) is 11.4 Å². The Morgan fingerprint density at radius 1 is 1.17 bits per heavy atom. The topological polar surface area (TPSA) is 98.4 Å². The van der Waals surface area contributed by atoms with Gasteiger partial charge in [-0.2, -0.15) is 0 Å². The van der Waals surface area contributed by atoms with E-state index in [4.69, 9.17) is 5.73 Å². The Balaban J connectivity index is 2.12. The minimum Gasteiger partial charge on any atom is -0.317 e. The number of nitrogens with zero attached hydrogens (tertiary/aromatic N) is 3. The molecule has 4 rings (SSSR count). The highest BCUT2D eigenvalue weighted by Gasteiger charge is 2.29. The molecular weight excluding hydrogens is 400 g/mol. The van der Waals surface area contributed by atoms with Crippen molar-refractivity contribution >= 4 is 32.3 Å². The van der Waals surface area contributed by atoms with Gasteiger partial charge in [0, 0.05) is 6.20 Å². The smallest absolute Gasteiger partial charge is 0.278 e. The average Bonchev–Trinajstić information content (AvgIpc) is 2.72. The zero-order chi connectivity index (χ0) is 21.6. The van der Waals surface area contributed by atoms with Crippen molar-refractivity contribution in [3.8, 4) is 0 Å². The number of nitrogens with two attached hydrogens (primary N) is 1. The molecule has 3 heterocycles. The lowest BCUT2D eigenvalue weighted by atomic mass is 10.1. The molecule has 0 atom stereocenters. The first kappa shape index (κ1) is 19.8. The van der Waals surface area contributed by atoms with Crippen molar-refractivity contribution in [2.24, 2.45) is 0 Å². The molecule has 4 aromatic rings. The molecule has 0 bridgehead atoms. The lowest BCUT2D eigenvalue weighted by Gasteiger charge is -2.12. The summed E-state index contributed by atoms with van der Waals surface area (Å²) in [6.07, 6.45) is 3.17. The van der Waals surface area contributed by atoms with Crippen LogP contribution in [0.15, 0.2) is 75.9 Å². The molecular formula is C22H21N4O3S+. The fraction of sp³-hybridized carbons (Fsp3) is 0.136. The van der Waals surface area contributed by atoms with E-state index in [1.807, 2.05) is 13.8 Å². The minimum absolute atomic E-state index is 0.00723. The van der Waals surface area contributed by atoms with Gasteiger partial charge in [-0.3, -0.25) is 9.20 Å². The number of rotatable bonds is 4. The van der Waals surface area contributed by atoms with Crippen LogP contribution in [0.2, 0.25) is 0 Å². The largest absolute Gasteiger partial charge is 0.317 e. The quantitative estimate of drug-likeness (QED) is 0.310. The Kier molecular flexibility index (Phi) is 4.66. The third-order valence-electron chi connectivity index (χ3n) is 5.21. The molecule has 0 unspecified atom stereocenters. The lowest BCUT2D eigenvalue weighted by Crippen LogP contribution is -2.41. The molecule has 7 nitrogen and oxygen atoms in total. The maximum atomic E-state index is 13.4. The Morgan fingerprint density at radius 2 is 1.93 bits per heavy atom. The van der Waals surface area contributed by atoms with Crippen LogP contribution in [-0.4, -0.2) is 17.8 Å². The highest BCUT2D eigenvalue weighted by Crippen LogP contribution is 2.27. The maximum Gasteiger partial charge on any atom is 0.278 e. The molecule has 0 spiro atoms. The van der Waals surface area contributed by atoms with Crippen LogP contribution >= 0.6 is 0 Å². The van der Waals surface area contributed by atoms with Gasteiger partial charge in [0.2, 0.25) is 21.3 Å². The predicted octanol–water partition coefficient (Wildman–Crippen LogP) is 2.35. The normalized spacial score (nSPS) is 11.8. The first-order chi connectivity index (χ1) is 14.3. The number of nitrogen functional groups attached to an aromatic ring is 1. The molecule has 0 radical (unpaired) electrons. The van der Waals surface area contributed by atoms with E-state index in [1.165, 1.54) is 15.0 Å². The first-order valence-electron chi connectivity index (χ1n) is 9.32. The van der Waals surface area contributed by atoms with Gasteiger partial charge in [0.25, 0.3) is 11.2 Å². The van der Waals surface area contributed by atoms with Crippen LogP contribution in [0, 0.1) is 13.8 Å². The average molecular weight is 422 g/mol. The number of pyridine rings is 2. The molecule has 0 aliphatic rings. The van der Waals surface area contributed by atoms with Crippen LogP contribution in [0.3, 0.4) is 0 Å². The summed E-state index contributed by atoms with van der Waals surface area (Å²) in [5.74, 6) is 0.00723. The van der Waals surface area contributed by atoms with Gasteiger partial charge in [-0.05, 0) is 55.3 Å². The third kappa shape index (κ3) is 2.96. The summed E-state index contributed by atoms with van der Waals surface area (Å²) in [5, 5.41) is 0.164. The van der Waals surface area contributed by atoms with Crippen molar-refractivity contribution in [2.45, 2.75) is 30.2 Å². The fourth-order valence-corrected chi connectivity index (χ4v) is 4.90. The van der Waals surface area contributed by atoms with Gasteiger partial charge in [0.15, 0.2) is 0 Å². The molecule has 2 N–H and O–H groups in total. The third-order valence-corrected chi connectivity index (χ3v) is 6.99. The standard InChI is InChI=1S/C22H20N4O3S/c1-4-10-26-20(23)18(30(28,29)16-9-8-14(2)15(3)12-16)13-17-21(26)24-19-7-5-6-11-25(19)22(17)27/h4-9,11-13,23H,1,10H2,2-3H3/p+1. The summed E-state index contributed by atoms with van der Waals surface area (Å²) in [5.41, 5.74) is 8.52. The number of anilines is 1. The van der Waals surface area contributed by atoms with Gasteiger partial charge in [-0.1, -0.05) is 29.8 Å². The number of benzene rings is 1. The number of allylic oxidation sites excluding steroid dienone is 1. The highest BCUT2D eigenvalue weighted by molar-refractivity contribution is 7.91. The lowest BCUT2D eigenvalue weighted by molar-refractivity contribution is -0.649. The Morgan fingerprint density at radius 3 is 2.63 bits per heavy atom. The monoisotopic (exact) mass is 421 g/mol. The molecule has 0 aliphatic carbocycles. The maximum absolute atomic E-state index is 13.4. The van der Waals surface area contributed by atoms with Gasteiger partial charge in [-0.25, -0.2) is 13.0 Å². The molecule has 0 saturated carbocycles. The molecule has 30 heavy (non-hydrogen) atoms. The molecule has 8 heteroatoms. The van der Waals surface area contributed by atoms with E-state index < -0.39 is 9.84 Å². The summed E-state index contributed by atoms with van der Waals surface area (Å²) in [7, 11) is -3.97. The minimum atomic E-state index is -3.97. The second-order valence-corrected chi connectivity index (χ2v) is 9.04. The van der Waals surface area contributed by atoms with Crippen LogP contribution < -0.4 is 15.9 Å². The van der Waals surface area contributed by atoms with Crippen LogP contribution in [-0.2, 0) is 16.4 Å². The van der Waals surface area contributed by atoms with Crippen LogP contribution in [0.5, 0.6) is 0 Å². The van der Waals surface area contributed by atoms with Crippen LogP contribution in [0.4, 0.5) is 5.82 Å². The zero-order valence-corrected chi connectivity index (χ0v) is 17.5. The summed E-state index contributed by atoms with van der Waals surface area (Å²) in [6.45, 7) is 7.68. The number of aryl methyl sites for hydroxylation is 2. The SMILES string of the molecule is C=CC[n+]1c(N)c(S(=O)(=O)c2ccc(C)c(C)c2)cc2c(=O)n3ccccc3nc21. The second-order valence-electron chi connectivity index (χ2n) is 7.13. The Bertz CT molecular complexity index is 1500. The second kappa shape index (κ2) is 7.07. The Labute approximate surface area is 173 Å². The predicted molar refractivity (Wildman–Crippen MR) is 115 cm³/mol. The van der Waals surface area contributed by atoms with Crippen molar-refractivity contribution in [1.82, 2.24) is 9.38 Å². The number of aromatic nitrogens is 3. The Hall–Kier alpha value is -3.52. The van der Waals surface area contributed by atoms with Crippen LogP contribution in [0.1, 0.15) is 11.1 Å². The van der Waals surface area contributed by atoms with Crippen molar-refractivity contribution in [3.63, 3.8) is 0 Å². The number of fused-ring (bicyclic) bond motifs is 2. The van der Waals surface area contributed by atoms with Crippen molar-refractivity contribution in [1.29, 1.82) is 0 Å². The first-order valence-corrected chi connectivity index (χ1v) is 10.8. The van der Waals surface area contributed by atoms with E-state index in [9.17, 15) is 13.2 Å². The molecule has 3 aromatic heterocycles. The van der Waals surface area contributed by atoms with E-state index in [-0.39, 0.29) is 33.1 Å². The van der Waals surface area contributed by atoms with Crippen molar-refractivity contribution in [2.75, 3.05) is 5.73 Å². The summed E-state index contributed by atoms with van der Waals surface area (Å²) < 4.78 is 29.8. The van der Waals surface area contributed by atoms with E-state index in [1.54, 1.807) is 48.7 Å². The molecule has 0 fully saturated rings. The zero-order valence-electron chi connectivity index (χ0n) is 16.7. The highest BCUT2D eigenvalue weighted by atomic mass is 32.2. The summed E-state index contributed by atoms with van der Waals surface area (Å²) >= 11 is 0. The molecule has 0 aliphatic heterocycles. The van der Waals surface area contributed by atoms with E-state index in [0.29, 0.717) is 11.3 Å². The molecule has 152 valence electrons. The number of hydrogen-bond acceptors (Lipinski definition) is 5. The fourth-order valence-electron chi connectivity index (χ4n) is 3.41. The molecule has 0 amide bonds. The summed E-state index contributed by atoms with van der Waals surface area (Å²) in [6, 6.07) is 11.4. The van der Waals surface area contributed by atoms with Crippen molar-refractivity contribution < 1.29 is 13.0 Å². The number of hydrogen-bond donors (Lipinski definition) is 1. The van der Waals surface area contributed by atoms with Gasteiger partial charge in [0.1, 0.15) is 10.3 Å². The van der Waals surface area contributed by atoms with Crippen molar-refractivity contribution in [3.05, 3.63) is 82.8 Å². The van der Waals surface area contributed by atoms with Gasteiger partial charge in [-0.15, -0.1) is 0 Å². The van der Waals surface area contributed by atoms with Gasteiger partial charge < -0.3 is 5.73 Å². The van der Waals surface area contributed by atoms with E-state index in [2.05, 4.69) is 11.6 Å².